The van der Waals surface area contributed by atoms with Crippen LogP contribution in [0.2, 0.25) is 20.1 Å². The predicted molar refractivity (Wildman–Crippen MR) is 59.2 cm³/mol. The molecule has 0 aliphatic heterocycles. The molecule has 0 saturated carbocycles. The minimum Gasteiger partial charge on any atom is -0.0823 e. The maximum absolute atomic E-state index is 6.00. The van der Waals surface area contributed by atoms with Crippen molar-refractivity contribution in [3.05, 3.63) is 37.3 Å². The van der Waals surface area contributed by atoms with Crippen LogP contribution in [-0.4, -0.2) is 0 Å². The fourth-order valence-electron chi connectivity index (χ4n) is 1.36. The molecule has 0 aromatic heterocycles. The Balaban J connectivity index is 2.82. The molecule has 0 amide bonds. The van der Waals surface area contributed by atoms with Crippen LogP contribution in [0.15, 0.2) is 6.08 Å². The van der Waals surface area contributed by atoms with Crippen molar-refractivity contribution in [3.8, 4) is 0 Å². The smallest absolute Gasteiger partial charge is 0.0800 e. The third-order valence-electron chi connectivity index (χ3n) is 2.01. The molecule has 0 atom stereocenters. The van der Waals surface area contributed by atoms with Gasteiger partial charge in [0.2, 0.25) is 0 Å². The quantitative estimate of drug-likeness (QED) is 0.457. The minimum absolute atomic E-state index is 0.332. The van der Waals surface area contributed by atoms with E-state index in [1.165, 1.54) is 0 Å². The van der Waals surface area contributed by atoms with E-state index in [0.29, 0.717) is 20.1 Å². The standard InChI is InChI=1S/C9H4Cl4/c10-6-4-2-1-3-5(4)7(11)9(13)8(6)12/h1-2H,3H2. The highest BCUT2D eigenvalue weighted by Crippen LogP contribution is 2.43. The van der Waals surface area contributed by atoms with E-state index in [9.17, 15) is 0 Å². The molecule has 68 valence electrons. The lowest BCUT2D eigenvalue weighted by atomic mass is 10.1. The summed E-state index contributed by atoms with van der Waals surface area (Å²) >= 11 is 23.8. The van der Waals surface area contributed by atoms with Gasteiger partial charge in [0.25, 0.3) is 0 Å². The van der Waals surface area contributed by atoms with Gasteiger partial charge in [-0.25, -0.2) is 0 Å². The summed E-state index contributed by atoms with van der Waals surface area (Å²) < 4.78 is 0. The third kappa shape index (κ3) is 1.37. The largest absolute Gasteiger partial charge is 0.0823 e. The van der Waals surface area contributed by atoms with Gasteiger partial charge in [-0.3, -0.25) is 0 Å². The first-order valence-electron chi connectivity index (χ1n) is 3.64. The van der Waals surface area contributed by atoms with E-state index < -0.39 is 0 Å². The number of hydrogen-bond acceptors (Lipinski definition) is 0. The van der Waals surface area contributed by atoms with Crippen LogP contribution >= 0.6 is 46.4 Å². The molecule has 0 radical (unpaired) electrons. The highest BCUT2D eigenvalue weighted by molar-refractivity contribution is 6.52. The highest BCUT2D eigenvalue weighted by atomic mass is 35.5. The molecular formula is C9H4Cl4. The number of benzene rings is 1. The van der Waals surface area contributed by atoms with E-state index in [0.717, 1.165) is 17.5 Å². The van der Waals surface area contributed by atoms with Crippen LogP contribution in [0.1, 0.15) is 11.1 Å². The molecular weight excluding hydrogens is 250 g/mol. The van der Waals surface area contributed by atoms with Crippen LogP contribution < -0.4 is 0 Å². The van der Waals surface area contributed by atoms with E-state index in [-0.39, 0.29) is 0 Å². The van der Waals surface area contributed by atoms with Crippen LogP contribution in [-0.2, 0) is 6.42 Å². The zero-order valence-corrected chi connectivity index (χ0v) is 9.40. The molecule has 1 aliphatic rings. The van der Waals surface area contributed by atoms with Crippen molar-refractivity contribution in [2.45, 2.75) is 6.42 Å². The zero-order valence-electron chi connectivity index (χ0n) is 6.37. The van der Waals surface area contributed by atoms with Crippen LogP contribution in [0.3, 0.4) is 0 Å². The Kier molecular flexibility index (Phi) is 2.50. The average molecular weight is 254 g/mol. The van der Waals surface area contributed by atoms with Gasteiger partial charge in [0.05, 0.1) is 20.1 Å². The fraction of sp³-hybridized carbons (Fsp3) is 0.111. The first kappa shape index (κ1) is 9.67. The predicted octanol–water partition coefficient (Wildman–Crippen LogP) is 4.87. The maximum Gasteiger partial charge on any atom is 0.0800 e. The number of hydrogen-bond donors (Lipinski definition) is 0. The summed E-state index contributed by atoms with van der Waals surface area (Å²) in [6.45, 7) is 0. The molecule has 13 heavy (non-hydrogen) atoms. The normalized spacial score (nSPS) is 13.5. The van der Waals surface area contributed by atoms with E-state index in [2.05, 4.69) is 0 Å². The molecule has 0 saturated heterocycles. The monoisotopic (exact) mass is 252 g/mol. The van der Waals surface area contributed by atoms with E-state index in [4.69, 9.17) is 46.4 Å². The molecule has 0 fully saturated rings. The van der Waals surface area contributed by atoms with Gasteiger partial charge >= 0.3 is 0 Å². The Hall–Kier alpha value is 0.120. The van der Waals surface area contributed by atoms with Gasteiger partial charge in [-0.15, -0.1) is 0 Å². The van der Waals surface area contributed by atoms with Crippen LogP contribution in [0.25, 0.3) is 6.08 Å². The topological polar surface area (TPSA) is 0 Å². The Morgan fingerprint density at radius 1 is 0.846 bits per heavy atom. The molecule has 2 rings (SSSR count). The van der Waals surface area contributed by atoms with E-state index >= 15 is 0 Å². The molecule has 4 heteroatoms. The molecule has 1 aliphatic carbocycles. The summed E-state index contributed by atoms with van der Waals surface area (Å²) in [7, 11) is 0. The second-order valence-electron chi connectivity index (χ2n) is 2.75. The van der Waals surface area contributed by atoms with Crippen molar-refractivity contribution >= 4 is 52.5 Å². The van der Waals surface area contributed by atoms with Crippen molar-refractivity contribution in [2.24, 2.45) is 0 Å². The van der Waals surface area contributed by atoms with Crippen molar-refractivity contribution in [1.29, 1.82) is 0 Å². The minimum atomic E-state index is 0.332. The Morgan fingerprint density at radius 3 is 2.15 bits per heavy atom. The molecule has 0 heterocycles. The Morgan fingerprint density at radius 2 is 1.46 bits per heavy atom. The molecule has 0 N–H and O–H groups in total. The van der Waals surface area contributed by atoms with Crippen molar-refractivity contribution in [3.63, 3.8) is 0 Å². The summed E-state index contributed by atoms with van der Waals surface area (Å²) in [5.41, 5.74) is 1.85. The van der Waals surface area contributed by atoms with Gasteiger partial charge in [-0.05, 0) is 17.5 Å². The summed E-state index contributed by atoms with van der Waals surface area (Å²) in [4.78, 5) is 0. The summed E-state index contributed by atoms with van der Waals surface area (Å²) in [5, 5.41) is 1.67. The molecule has 0 spiro atoms. The molecule has 1 aromatic carbocycles. The highest BCUT2D eigenvalue weighted by Gasteiger charge is 2.20. The van der Waals surface area contributed by atoms with Crippen molar-refractivity contribution in [2.75, 3.05) is 0 Å². The molecule has 1 aromatic rings. The second-order valence-corrected chi connectivity index (χ2v) is 4.27. The summed E-state index contributed by atoms with van der Waals surface area (Å²) in [6.07, 6.45) is 4.66. The van der Waals surface area contributed by atoms with Crippen LogP contribution in [0.5, 0.6) is 0 Å². The van der Waals surface area contributed by atoms with E-state index in [1.807, 2.05) is 12.2 Å². The zero-order chi connectivity index (χ0) is 9.59. The summed E-state index contributed by atoms with van der Waals surface area (Å²) in [6, 6.07) is 0. The first-order chi connectivity index (χ1) is 6.13. The Bertz CT molecular complexity index is 407. The van der Waals surface area contributed by atoms with Gasteiger partial charge in [-0.2, -0.15) is 0 Å². The molecule has 0 bridgehead atoms. The lowest BCUT2D eigenvalue weighted by Crippen LogP contribution is -1.88. The first-order valence-corrected chi connectivity index (χ1v) is 5.15. The number of halogens is 4. The van der Waals surface area contributed by atoms with Crippen LogP contribution in [0, 0.1) is 0 Å². The number of allylic oxidation sites excluding steroid dienone is 1. The van der Waals surface area contributed by atoms with Gasteiger partial charge in [-0.1, -0.05) is 58.6 Å². The van der Waals surface area contributed by atoms with Crippen molar-refractivity contribution < 1.29 is 0 Å². The lowest BCUT2D eigenvalue weighted by Gasteiger charge is -2.08. The average Bonchev–Trinajstić information content (AvgIpc) is 2.59. The van der Waals surface area contributed by atoms with E-state index in [1.54, 1.807) is 0 Å². The maximum atomic E-state index is 6.00. The van der Waals surface area contributed by atoms with Crippen molar-refractivity contribution in [1.82, 2.24) is 0 Å². The fourth-order valence-corrected chi connectivity index (χ4v) is 2.41. The number of rotatable bonds is 0. The van der Waals surface area contributed by atoms with Gasteiger partial charge in [0, 0.05) is 0 Å². The second kappa shape index (κ2) is 3.36. The molecule has 0 nitrogen and oxygen atoms in total. The van der Waals surface area contributed by atoms with Gasteiger partial charge in [0.1, 0.15) is 0 Å². The molecule has 0 unspecified atom stereocenters. The van der Waals surface area contributed by atoms with Gasteiger partial charge < -0.3 is 0 Å². The third-order valence-corrected chi connectivity index (χ3v) is 3.87. The van der Waals surface area contributed by atoms with Gasteiger partial charge in [0.15, 0.2) is 0 Å². The SMILES string of the molecule is Clc1c(Cl)c(Cl)c2c(c1Cl)C=CC2. The lowest BCUT2D eigenvalue weighted by molar-refractivity contribution is 1.31. The number of fused-ring (bicyclic) bond motifs is 1. The summed E-state index contributed by atoms with van der Waals surface area (Å²) in [5.74, 6) is 0. The van der Waals surface area contributed by atoms with Crippen LogP contribution in [0.4, 0.5) is 0 Å². The Labute approximate surface area is 96.0 Å².